The summed E-state index contributed by atoms with van der Waals surface area (Å²) >= 11 is 0. The minimum Gasteiger partial charge on any atom is -0.343 e. The van der Waals surface area contributed by atoms with Crippen LogP contribution >= 0.6 is 0 Å². The maximum absolute atomic E-state index is 12.3. The Balaban J connectivity index is 1.34. The van der Waals surface area contributed by atoms with Gasteiger partial charge in [0.2, 0.25) is 0 Å². The molecule has 0 atom stereocenters. The summed E-state index contributed by atoms with van der Waals surface area (Å²) in [6.07, 6.45) is 8.91. The first-order valence-electron chi connectivity index (χ1n) is 8.96. The number of hydrogen-bond donors (Lipinski definition) is 3. The maximum Gasteiger partial charge on any atom is 0.273 e. The second kappa shape index (κ2) is 7.62. The number of amides is 1. The Labute approximate surface area is 155 Å². The van der Waals surface area contributed by atoms with Crippen LogP contribution in [0.25, 0.3) is 11.4 Å². The van der Waals surface area contributed by atoms with Gasteiger partial charge in [0.1, 0.15) is 5.82 Å². The van der Waals surface area contributed by atoms with Crippen molar-refractivity contribution < 1.29 is 4.79 Å². The topological polar surface area (TPSA) is 140 Å². The summed E-state index contributed by atoms with van der Waals surface area (Å²) < 4.78 is 1.77. The fourth-order valence-electron chi connectivity index (χ4n) is 3.18. The third-order valence-electron chi connectivity index (χ3n) is 4.75. The van der Waals surface area contributed by atoms with E-state index in [1.165, 1.54) is 0 Å². The molecular formula is C17H21N9O. The number of aromatic nitrogens is 7. The van der Waals surface area contributed by atoms with Gasteiger partial charge in [0.25, 0.3) is 5.91 Å². The Hall–Kier alpha value is -3.14. The zero-order valence-corrected chi connectivity index (χ0v) is 14.7. The van der Waals surface area contributed by atoms with Gasteiger partial charge in [-0.2, -0.15) is 5.10 Å². The quantitative estimate of drug-likeness (QED) is 0.606. The van der Waals surface area contributed by atoms with Crippen molar-refractivity contribution in [2.45, 2.75) is 44.3 Å². The monoisotopic (exact) mass is 367 g/mol. The first kappa shape index (κ1) is 17.3. The Morgan fingerprint density at radius 2 is 2.04 bits per heavy atom. The lowest BCUT2D eigenvalue weighted by Crippen LogP contribution is -2.28. The predicted molar refractivity (Wildman–Crippen MR) is 96.3 cm³/mol. The van der Waals surface area contributed by atoms with Crippen molar-refractivity contribution in [1.29, 1.82) is 0 Å². The van der Waals surface area contributed by atoms with Gasteiger partial charge in [-0.05, 0) is 37.8 Å². The molecule has 4 rings (SSSR count). The summed E-state index contributed by atoms with van der Waals surface area (Å²) in [5, 5.41) is 17.9. The highest BCUT2D eigenvalue weighted by molar-refractivity contribution is 5.91. The van der Waals surface area contributed by atoms with Crippen LogP contribution in [0.3, 0.4) is 0 Å². The highest BCUT2D eigenvalue weighted by atomic mass is 16.2. The smallest absolute Gasteiger partial charge is 0.273 e. The molecule has 0 radical (unpaired) electrons. The van der Waals surface area contributed by atoms with Crippen molar-refractivity contribution >= 4 is 5.91 Å². The zero-order chi connectivity index (χ0) is 18.6. The second-order valence-electron chi connectivity index (χ2n) is 6.68. The number of H-pyrrole nitrogens is 1. The van der Waals surface area contributed by atoms with E-state index >= 15 is 0 Å². The molecule has 1 fully saturated rings. The number of carbonyl (C=O) groups is 1. The number of aromatic amines is 1. The number of nitrogens with zero attached hydrogens (tertiary/aromatic N) is 6. The van der Waals surface area contributed by atoms with Gasteiger partial charge in [0, 0.05) is 24.0 Å². The minimum atomic E-state index is -0.296. The molecule has 140 valence electrons. The largest absolute Gasteiger partial charge is 0.343 e. The van der Waals surface area contributed by atoms with E-state index in [1.54, 1.807) is 23.3 Å². The average molecular weight is 367 g/mol. The third-order valence-corrected chi connectivity index (χ3v) is 4.75. The van der Waals surface area contributed by atoms with Crippen molar-refractivity contribution in [2.75, 3.05) is 0 Å². The van der Waals surface area contributed by atoms with Gasteiger partial charge < -0.3 is 11.1 Å². The highest BCUT2D eigenvalue weighted by Crippen LogP contribution is 2.26. The number of rotatable bonds is 5. The molecule has 0 unspecified atom stereocenters. The number of hydrogen-bond acceptors (Lipinski definition) is 7. The van der Waals surface area contributed by atoms with Crippen molar-refractivity contribution in [3.63, 3.8) is 0 Å². The van der Waals surface area contributed by atoms with Crippen LogP contribution in [0.1, 0.15) is 48.0 Å². The van der Waals surface area contributed by atoms with E-state index in [0.717, 1.165) is 31.2 Å². The van der Waals surface area contributed by atoms with Crippen molar-refractivity contribution in [3.05, 3.63) is 42.2 Å². The number of carbonyl (C=O) groups excluding carboxylic acids is 1. The first-order chi connectivity index (χ1) is 13.2. The van der Waals surface area contributed by atoms with Crippen LogP contribution in [-0.4, -0.2) is 47.1 Å². The summed E-state index contributed by atoms with van der Waals surface area (Å²) in [4.78, 5) is 20.7. The van der Waals surface area contributed by atoms with Crippen LogP contribution in [0.15, 0.2) is 30.7 Å². The molecule has 27 heavy (non-hydrogen) atoms. The molecule has 0 aromatic carbocycles. The molecule has 0 saturated heterocycles. The first-order valence-corrected chi connectivity index (χ1v) is 8.96. The lowest BCUT2D eigenvalue weighted by Gasteiger charge is -2.25. The molecule has 10 nitrogen and oxygen atoms in total. The molecule has 1 aliphatic rings. The van der Waals surface area contributed by atoms with Crippen LogP contribution in [-0.2, 0) is 6.54 Å². The van der Waals surface area contributed by atoms with Gasteiger partial charge >= 0.3 is 0 Å². The Morgan fingerprint density at radius 3 is 2.81 bits per heavy atom. The second-order valence-corrected chi connectivity index (χ2v) is 6.68. The van der Waals surface area contributed by atoms with Gasteiger partial charge in [-0.15, -0.1) is 5.10 Å². The van der Waals surface area contributed by atoms with Crippen LogP contribution in [0.2, 0.25) is 0 Å². The lowest BCUT2D eigenvalue weighted by molar-refractivity contribution is 0.0945. The highest BCUT2D eigenvalue weighted by Gasteiger charge is 2.22. The summed E-state index contributed by atoms with van der Waals surface area (Å²) in [7, 11) is 0. The standard InChI is InChI=1S/C17H21N9O/c18-12-1-3-13(4-2-12)26-10-14(22-25-26)17(27)20-9-15-21-16(24-23-15)11-5-7-19-8-6-11/h5-8,10,12-13H,1-4,9,18H2,(H,20,27)(H,21,23,24). The number of nitrogens with one attached hydrogen (secondary N) is 2. The summed E-state index contributed by atoms with van der Waals surface area (Å²) in [6.45, 7) is 0.224. The van der Waals surface area contributed by atoms with Crippen LogP contribution in [0.5, 0.6) is 0 Å². The van der Waals surface area contributed by atoms with E-state index in [9.17, 15) is 4.79 Å². The molecule has 1 aliphatic carbocycles. The Kier molecular flexibility index (Phi) is 4.88. The number of nitrogens with two attached hydrogens (primary N) is 1. The third kappa shape index (κ3) is 4.00. The van der Waals surface area contributed by atoms with Crippen molar-refractivity contribution in [3.8, 4) is 11.4 Å². The van der Waals surface area contributed by atoms with Gasteiger partial charge in [-0.1, -0.05) is 5.21 Å². The molecule has 3 aromatic heterocycles. The molecule has 1 saturated carbocycles. The molecule has 4 N–H and O–H groups in total. The normalized spacial score (nSPS) is 19.7. The molecule has 3 aromatic rings. The van der Waals surface area contributed by atoms with E-state index in [-0.39, 0.29) is 24.5 Å². The fourth-order valence-corrected chi connectivity index (χ4v) is 3.18. The van der Waals surface area contributed by atoms with Crippen molar-refractivity contribution in [1.82, 2.24) is 40.5 Å². The number of pyridine rings is 1. The van der Waals surface area contributed by atoms with Gasteiger partial charge in [-0.3, -0.25) is 14.9 Å². The molecule has 0 bridgehead atoms. The predicted octanol–water partition coefficient (Wildman–Crippen LogP) is 0.831. The molecule has 1 amide bonds. The van der Waals surface area contributed by atoms with E-state index in [1.807, 2.05) is 12.1 Å². The zero-order valence-electron chi connectivity index (χ0n) is 14.7. The lowest BCUT2D eigenvalue weighted by atomic mass is 9.92. The Bertz CT molecular complexity index is 896. The SMILES string of the molecule is NC1CCC(n2cc(C(=O)NCc3nc(-c4ccncc4)n[nH]3)nn2)CC1. The van der Waals surface area contributed by atoms with E-state index < -0.39 is 0 Å². The van der Waals surface area contributed by atoms with Crippen LogP contribution < -0.4 is 11.1 Å². The van der Waals surface area contributed by atoms with Gasteiger partial charge in [0.05, 0.1) is 18.8 Å². The molecule has 0 aliphatic heterocycles. The maximum atomic E-state index is 12.3. The summed E-state index contributed by atoms with van der Waals surface area (Å²) in [5.74, 6) is 0.822. The van der Waals surface area contributed by atoms with Gasteiger partial charge in [-0.25, -0.2) is 9.67 Å². The van der Waals surface area contributed by atoms with E-state index in [0.29, 0.717) is 17.3 Å². The average Bonchev–Trinajstić information content (AvgIpc) is 3.37. The summed E-state index contributed by atoms with van der Waals surface area (Å²) in [6, 6.07) is 4.17. The fraction of sp³-hybridized carbons (Fsp3) is 0.412. The molecule has 10 heteroatoms. The summed E-state index contributed by atoms with van der Waals surface area (Å²) in [5.41, 5.74) is 7.08. The molecule has 3 heterocycles. The van der Waals surface area contributed by atoms with E-state index in [4.69, 9.17) is 5.73 Å². The Morgan fingerprint density at radius 1 is 1.26 bits per heavy atom. The van der Waals surface area contributed by atoms with Crippen molar-refractivity contribution in [2.24, 2.45) is 5.73 Å². The molecular weight excluding hydrogens is 346 g/mol. The van der Waals surface area contributed by atoms with Gasteiger partial charge in [0.15, 0.2) is 11.5 Å². The van der Waals surface area contributed by atoms with E-state index in [2.05, 4.69) is 35.8 Å². The molecule has 0 spiro atoms. The minimum absolute atomic E-state index is 0.224. The van der Waals surface area contributed by atoms with Crippen LogP contribution in [0, 0.1) is 0 Å². The van der Waals surface area contributed by atoms with Crippen LogP contribution in [0.4, 0.5) is 0 Å².